The van der Waals surface area contributed by atoms with Crippen LogP contribution < -0.4 is 14.9 Å². The number of benzene rings is 1. The highest BCUT2D eigenvalue weighted by molar-refractivity contribution is 7.92. The molecule has 0 amide bonds. The second-order valence-electron chi connectivity index (χ2n) is 6.79. The molecule has 0 unspecified atom stereocenters. The Morgan fingerprint density at radius 3 is 2.57 bits per heavy atom. The lowest BCUT2D eigenvalue weighted by atomic mass is 10.2. The van der Waals surface area contributed by atoms with Gasteiger partial charge >= 0.3 is 0 Å². The summed E-state index contributed by atoms with van der Waals surface area (Å²) in [5, 5.41) is 10.5. The van der Waals surface area contributed by atoms with Gasteiger partial charge in [0.2, 0.25) is 10.0 Å². The first-order valence-electron chi connectivity index (χ1n) is 8.67. The van der Waals surface area contributed by atoms with Gasteiger partial charge in [0.05, 0.1) is 18.5 Å². The van der Waals surface area contributed by atoms with Gasteiger partial charge in [0.1, 0.15) is 11.6 Å². The van der Waals surface area contributed by atoms with E-state index in [1.165, 1.54) is 0 Å². The van der Waals surface area contributed by atoms with Gasteiger partial charge in [-0.2, -0.15) is 5.10 Å². The Morgan fingerprint density at radius 1 is 1.18 bits per heavy atom. The van der Waals surface area contributed by atoms with Crippen LogP contribution in [0.4, 0.5) is 17.2 Å². The minimum Gasteiger partial charge on any atom is -0.337 e. The molecule has 9 nitrogen and oxygen atoms in total. The number of aromatic nitrogens is 4. The molecule has 1 aromatic carbocycles. The molecule has 2 aromatic heterocycles. The Hall–Kier alpha value is -3.27. The van der Waals surface area contributed by atoms with Crippen molar-refractivity contribution in [3.05, 3.63) is 59.9 Å². The number of imidazole rings is 1. The number of nitrogens with one attached hydrogen (secondary N) is 3. The van der Waals surface area contributed by atoms with Gasteiger partial charge in [0.25, 0.3) is 0 Å². The normalized spacial score (nSPS) is 13.8. The van der Waals surface area contributed by atoms with E-state index < -0.39 is 10.0 Å². The number of hydrogen-bond acceptors (Lipinski definition) is 6. The molecule has 28 heavy (non-hydrogen) atoms. The fraction of sp³-hybridized carbons (Fsp3) is 0.222. The van der Waals surface area contributed by atoms with Crippen molar-refractivity contribution in [3.8, 4) is 0 Å². The third-order valence-corrected chi connectivity index (χ3v) is 4.82. The van der Waals surface area contributed by atoms with Gasteiger partial charge in [-0.15, -0.1) is 0 Å². The Bertz CT molecular complexity index is 1140. The van der Waals surface area contributed by atoms with Gasteiger partial charge in [-0.05, 0) is 38.1 Å². The molecule has 1 aliphatic rings. The second-order valence-corrected chi connectivity index (χ2v) is 8.54. The lowest BCUT2D eigenvalue weighted by molar-refractivity contribution is 0.607. The zero-order valence-corrected chi connectivity index (χ0v) is 16.6. The quantitative estimate of drug-likeness (QED) is 0.608. The van der Waals surface area contributed by atoms with Crippen molar-refractivity contribution in [2.45, 2.75) is 20.4 Å². The van der Waals surface area contributed by atoms with Crippen LogP contribution in [0.15, 0.2) is 42.7 Å². The van der Waals surface area contributed by atoms with E-state index in [9.17, 15) is 8.42 Å². The van der Waals surface area contributed by atoms with Gasteiger partial charge in [0, 0.05) is 35.5 Å². The fourth-order valence-corrected chi connectivity index (χ4v) is 3.65. The smallest absolute Gasteiger partial charge is 0.229 e. The zero-order valence-electron chi connectivity index (χ0n) is 15.8. The third kappa shape index (κ3) is 3.86. The van der Waals surface area contributed by atoms with Gasteiger partial charge in [0.15, 0.2) is 5.82 Å². The molecular formula is C18H21N7O2S. The lowest BCUT2D eigenvalue weighted by Crippen LogP contribution is -2.27. The summed E-state index contributed by atoms with van der Waals surface area (Å²) in [6, 6.07) is 9.13. The molecule has 1 aliphatic heterocycles. The summed E-state index contributed by atoms with van der Waals surface area (Å²) >= 11 is 0. The standard InChI is InChI=1S/C18H21N7O2S/c1-12-8-16(22-21-12)20-18-11-24(10-17-19-13(2)9-25(17)18)15-6-4-14(5-7-15)23-28(3,26)27/h4-9,11,23H,10H2,1-3H3,(H2,20,21,22). The summed E-state index contributed by atoms with van der Waals surface area (Å²) in [6.45, 7) is 4.49. The number of aryl methyl sites for hydroxylation is 2. The van der Waals surface area contributed by atoms with E-state index in [1.54, 1.807) is 12.1 Å². The molecular weight excluding hydrogens is 378 g/mol. The fourth-order valence-electron chi connectivity index (χ4n) is 3.08. The molecule has 3 N–H and O–H groups in total. The summed E-state index contributed by atoms with van der Waals surface area (Å²) in [6.07, 6.45) is 5.09. The summed E-state index contributed by atoms with van der Waals surface area (Å²) in [5.74, 6) is 2.44. The maximum absolute atomic E-state index is 11.4. The second kappa shape index (κ2) is 6.71. The Labute approximate surface area is 163 Å². The summed E-state index contributed by atoms with van der Waals surface area (Å²) in [7, 11) is -3.30. The number of anilines is 3. The highest BCUT2D eigenvalue weighted by Crippen LogP contribution is 2.27. The highest BCUT2D eigenvalue weighted by atomic mass is 32.2. The van der Waals surface area contributed by atoms with Crippen LogP contribution in [-0.2, 0) is 16.6 Å². The lowest BCUT2D eigenvalue weighted by Gasteiger charge is -2.28. The minimum atomic E-state index is -3.30. The maximum Gasteiger partial charge on any atom is 0.229 e. The average Bonchev–Trinajstić information content (AvgIpc) is 3.18. The molecule has 0 saturated carbocycles. The van der Waals surface area contributed by atoms with Crippen molar-refractivity contribution in [3.63, 3.8) is 0 Å². The number of H-pyrrole nitrogens is 1. The molecule has 0 atom stereocenters. The van der Waals surface area contributed by atoms with E-state index in [-0.39, 0.29) is 0 Å². The SMILES string of the molecule is Cc1cn2c(n1)CN(c1ccc(NS(C)(=O)=O)cc1)C=C2Nc1cc(C)[nH]n1. The number of fused-ring (bicyclic) bond motifs is 1. The topological polar surface area (TPSA) is 108 Å². The maximum atomic E-state index is 11.4. The molecule has 10 heteroatoms. The first kappa shape index (κ1) is 18.1. The molecule has 3 heterocycles. The van der Waals surface area contributed by atoms with E-state index in [4.69, 9.17) is 0 Å². The van der Waals surface area contributed by atoms with E-state index in [0.29, 0.717) is 12.2 Å². The van der Waals surface area contributed by atoms with Crippen molar-refractivity contribution in [1.29, 1.82) is 0 Å². The molecule has 0 spiro atoms. The molecule has 0 aliphatic carbocycles. The average molecular weight is 399 g/mol. The molecule has 146 valence electrons. The zero-order chi connectivity index (χ0) is 19.9. The summed E-state index contributed by atoms with van der Waals surface area (Å²) in [5.41, 5.74) is 3.33. The molecule has 0 fully saturated rings. The molecule has 0 radical (unpaired) electrons. The van der Waals surface area contributed by atoms with Crippen LogP contribution in [0.25, 0.3) is 5.82 Å². The number of aromatic amines is 1. The van der Waals surface area contributed by atoms with Crippen LogP contribution >= 0.6 is 0 Å². The predicted octanol–water partition coefficient (Wildman–Crippen LogP) is 2.48. The van der Waals surface area contributed by atoms with Crippen LogP contribution in [0.1, 0.15) is 17.2 Å². The van der Waals surface area contributed by atoms with Crippen LogP contribution in [0.2, 0.25) is 0 Å². The molecule has 0 saturated heterocycles. The van der Waals surface area contributed by atoms with Crippen LogP contribution in [-0.4, -0.2) is 34.4 Å². The van der Waals surface area contributed by atoms with E-state index in [1.807, 2.05) is 53.9 Å². The summed E-state index contributed by atoms with van der Waals surface area (Å²) < 4.78 is 27.3. The van der Waals surface area contributed by atoms with E-state index >= 15 is 0 Å². The molecule has 3 aromatic rings. The highest BCUT2D eigenvalue weighted by Gasteiger charge is 2.20. The number of nitrogens with zero attached hydrogens (tertiary/aromatic N) is 4. The minimum absolute atomic E-state index is 0.523. The van der Waals surface area contributed by atoms with E-state index in [0.717, 1.165) is 40.8 Å². The number of hydrogen-bond donors (Lipinski definition) is 3. The largest absolute Gasteiger partial charge is 0.337 e. The van der Waals surface area contributed by atoms with Crippen molar-refractivity contribution < 1.29 is 8.42 Å². The van der Waals surface area contributed by atoms with Crippen molar-refractivity contribution in [1.82, 2.24) is 19.7 Å². The first-order chi connectivity index (χ1) is 13.3. The molecule has 0 bridgehead atoms. The Morgan fingerprint density at radius 2 is 1.93 bits per heavy atom. The monoisotopic (exact) mass is 399 g/mol. The summed E-state index contributed by atoms with van der Waals surface area (Å²) in [4.78, 5) is 6.66. The predicted molar refractivity (Wildman–Crippen MR) is 109 cm³/mol. The third-order valence-electron chi connectivity index (χ3n) is 4.21. The van der Waals surface area contributed by atoms with Crippen molar-refractivity contribution in [2.24, 2.45) is 0 Å². The molecule has 4 rings (SSSR count). The van der Waals surface area contributed by atoms with E-state index in [2.05, 4.69) is 25.2 Å². The number of sulfonamides is 1. The first-order valence-corrected chi connectivity index (χ1v) is 10.6. The van der Waals surface area contributed by atoms with Gasteiger partial charge < -0.3 is 10.2 Å². The van der Waals surface area contributed by atoms with Crippen LogP contribution in [0.5, 0.6) is 0 Å². The van der Waals surface area contributed by atoms with Gasteiger partial charge in [-0.3, -0.25) is 14.4 Å². The van der Waals surface area contributed by atoms with Crippen LogP contribution in [0.3, 0.4) is 0 Å². The van der Waals surface area contributed by atoms with Gasteiger partial charge in [-0.1, -0.05) is 0 Å². The van der Waals surface area contributed by atoms with Crippen molar-refractivity contribution >= 4 is 33.0 Å². The van der Waals surface area contributed by atoms with Crippen LogP contribution in [0, 0.1) is 13.8 Å². The Balaban J connectivity index is 1.64. The number of rotatable bonds is 5. The van der Waals surface area contributed by atoms with Crippen molar-refractivity contribution in [2.75, 3.05) is 21.2 Å². The van der Waals surface area contributed by atoms with Gasteiger partial charge in [-0.25, -0.2) is 13.4 Å². The Kier molecular flexibility index (Phi) is 4.34.